The van der Waals surface area contributed by atoms with Gasteiger partial charge in [-0.1, -0.05) is 180 Å². The number of hydrogen-bond donors (Lipinski definition) is 3. The van der Waals surface area contributed by atoms with Crippen LogP contribution in [0.3, 0.4) is 0 Å². The van der Waals surface area contributed by atoms with E-state index in [4.69, 9.17) is 29.8 Å². The van der Waals surface area contributed by atoms with E-state index in [1.165, 1.54) is 89.9 Å². The number of carbonyl (C=O) groups excluding carboxylic acids is 3. The summed E-state index contributed by atoms with van der Waals surface area (Å²) < 4.78 is 27.4. The maximum Gasteiger partial charge on any atom is 0.505 e. The van der Waals surface area contributed by atoms with Crippen molar-refractivity contribution in [3.05, 3.63) is 89.4 Å². The van der Waals surface area contributed by atoms with Crippen molar-refractivity contribution < 1.29 is 97.1 Å². The summed E-state index contributed by atoms with van der Waals surface area (Å²) in [6, 6.07) is 18.7. The predicted octanol–water partition coefficient (Wildman–Crippen LogP) is 13.0. The van der Waals surface area contributed by atoms with Gasteiger partial charge in [0.25, 0.3) is 0 Å². The number of carbonyl (C=O) groups is 4. The van der Waals surface area contributed by atoms with Gasteiger partial charge in [-0.2, -0.15) is 17.6 Å². The molecule has 9 atom stereocenters. The number of hydrogen-bond acceptors (Lipinski definition) is 10. The number of fused-ring (bicyclic) bond motifs is 5. The fourth-order valence-corrected chi connectivity index (χ4v) is 11.2. The molecule has 4 N–H and O–H groups in total. The van der Waals surface area contributed by atoms with Crippen LogP contribution >= 0.6 is 0 Å². The van der Waals surface area contributed by atoms with Crippen LogP contribution in [0.25, 0.3) is 0 Å². The number of amides is 1. The molecule has 2 aromatic carbocycles. The van der Waals surface area contributed by atoms with Gasteiger partial charge in [-0.05, 0) is 67.1 Å². The quantitative estimate of drug-likeness (QED) is 0.0547. The van der Waals surface area contributed by atoms with E-state index >= 15 is 0 Å². The third-order valence-electron chi connectivity index (χ3n) is 15.9. The molecule has 0 spiro atoms. The van der Waals surface area contributed by atoms with E-state index in [1.807, 2.05) is 64.1 Å². The maximum atomic E-state index is 13.7. The van der Waals surface area contributed by atoms with Gasteiger partial charge in [0, 0.05) is 73.8 Å². The number of aliphatic hydroxyl groups excluding tert-OH is 1. The van der Waals surface area contributed by atoms with Crippen molar-refractivity contribution in [1.29, 1.82) is 0 Å². The minimum Gasteiger partial charge on any atom is -0.476 e. The Hall–Kier alpha value is -2.79. The molecule has 2 saturated carbocycles. The smallest absolute Gasteiger partial charge is 0.476 e. The largest absolute Gasteiger partial charge is 0.505 e. The molecule has 7 rings (SSSR count). The molecule has 3 aliphatic carbocycles. The van der Waals surface area contributed by atoms with E-state index in [2.05, 4.69) is 25.5 Å². The van der Waals surface area contributed by atoms with Gasteiger partial charge >= 0.3 is 12.1 Å². The molecule has 8 unspecified atom stereocenters. The predicted molar refractivity (Wildman–Crippen MR) is 283 cm³/mol. The summed E-state index contributed by atoms with van der Waals surface area (Å²) in [6.07, 6.45) is 23.5. The molecule has 2 heterocycles. The first-order valence-corrected chi connectivity index (χ1v) is 27.8. The number of nitrogens with two attached hydrogens (primary N) is 1. The van der Waals surface area contributed by atoms with Crippen LogP contribution in [0.15, 0.2) is 71.8 Å². The molecule has 2 saturated heterocycles. The monoisotopic (exact) mass is 1230 g/mol. The van der Waals surface area contributed by atoms with Gasteiger partial charge in [-0.15, -0.1) is 6.92 Å². The minimum absolute atomic E-state index is 0. The average molecular weight is 1230 g/mol. The SMILES string of the molecule is CC.CC1=C2[CH-]C(=O)C3(C)C(O)CC4OCC4C3CC(C[C@@H]1OC(=O)CCc1ccccc1)C2(C)C.CCCCCCCCCCCCCCCCCC1OCC(COC(=O)O)O1.NC(=O)c1ccccc1.[Ac]. The summed E-state index contributed by atoms with van der Waals surface area (Å²) in [5, 5.41) is 19.5. The van der Waals surface area contributed by atoms with E-state index in [1.54, 1.807) is 30.7 Å². The Morgan fingerprint density at radius 1 is 0.781 bits per heavy atom. The van der Waals surface area contributed by atoms with Crippen molar-refractivity contribution in [2.45, 2.75) is 214 Å². The molecule has 4 fully saturated rings. The first-order valence-electron chi connectivity index (χ1n) is 27.8. The van der Waals surface area contributed by atoms with Gasteiger partial charge in [0.15, 0.2) is 6.29 Å². The number of rotatable bonds is 23. The van der Waals surface area contributed by atoms with E-state index in [0.29, 0.717) is 44.0 Å². The number of ketones is 1. The van der Waals surface area contributed by atoms with Gasteiger partial charge in [0.2, 0.25) is 5.91 Å². The van der Waals surface area contributed by atoms with Gasteiger partial charge in [0.05, 0.1) is 37.3 Å². The second-order valence-electron chi connectivity index (χ2n) is 21.2. The Labute approximate surface area is 475 Å². The van der Waals surface area contributed by atoms with Crippen LogP contribution in [-0.4, -0.2) is 84.6 Å². The summed E-state index contributed by atoms with van der Waals surface area (Å²) in [5.74, 6) is 0.0559. The van der Waals surface area contributed by atoms with Crippen molar-refractivity contribution in [2.75, 3.05) is 19.8 Å². The van der Waals surface area contributed by atoms with Crippen LogP contribution in [0.5, 0.6) is 0 Å². The molecule has 2 bridgehead atoms. The molecule has 12 nitrogen and oxygen atoms in total. The first kappa shape index (κ1) is 64.5. The van der Waals surface area contributed by atoms with Crippen LogP contribution in [0.2, 0.25) is 0 Å². The topological polar surface area (TPSA) is 181 Å². The second-order valence-corrected chi connectivity index (χ2v) is 21.2. The summed E-state index contributed by atoms with van der Waals surface area (Å²) in [7, 11) is 0. The minimum atomic E-state index is -1.26. The number of esters is 1. The van der Waals surface area contributed by atoms with Crippen molar-refractivity contribution in [1.82, 2.24) is 0 Å². The van der Waals surface area contributed by atoms with Crippen LogP contribution in [-0.2, 0) is 39.7 Å². The number of primary amides is 1. The van der Waals surface area contributed by atoms with Crippen molar-refractivity contribution >= 4 is 23.8 Å². The molecule has 2 aromatic rings. The molecule has 1 amide bonds. The summed E-state index contributed by atoms with van der Waals surface area (Å²) in [4.78, 5) is 47.3. The molecule has 0 aromatic heterocycles. The summed E-state index contributed by atoms with van der Waals surface area (Å²) in [6.45, 7) is 15.8. The Morgan fingerprint density at radius 2 is 1.34 bits per heavy atom. The fourth-order valence-electron chi connectivity index (χ4n) is 11.2. The van der Waals surface area contributed by atoms with Crippen LogP contribution in [0.4, 0.5) is 4.79 Å². The van der Waals surface area contributed by atoms with Gasteiger partial charge in [-0.25, -0.2) is 4.79 Å². The number of aryl methyl sites for hydroxylation is 1. The van der Waals surface area contributed by atoms with Crippen molar-refractivity contribution in [3.8, 4) is 0 Å². The van der Waals surface area contributed by atoms with E-state index in [9.17, 15) is 24.3 Å². The number of allylic oxidation sites excluding steroid dienone is 1. The third kappa shape index (κ3) is 20.3. The number of carboxylic acid groups (broad SMARTS) is 1. The van der Waals surface area contributed by atoms with Crippen molar-refractivity contribution in [3.63, 3.8) is 0 Å². The van der Waals surface area contributed by atoms with Gasteiger partial charge in [0.1, 0.15) is 12.7 Å². The van der Waals surface area contributed by atoms with E-state index in [-0.39, 0.29) is 110 Å². The van der Waals surface area contributed by atoms with Crippen molar-refractivity contribution in [2.24, 2.45) is 34.3 Å². The molecular weight excluding hydrogens is 1140 g/mol. The number of unbranched alkanes of at least 4 members (excludes halogenated alkanes) is 14. The molecule has 2 aliphatic heterocycles. The normalized spacial score (nSPS) is 26.3. The standard InChI is InChI=1S/C29H37O5.C22H42O5.C7H7NO.C2H6.Ac/c1-17-21-14-25(30)29(4)22(20-16-33-24(20)15-26(29)31)12-19(28(21,2)3)13-23(17)34-27(32)11-10-18-8-6-5-7-9-18;1-2-3-4-5-6-7-8-9-10-11-12-13-14-15-16-17-21-25-18-20(27-21)19-26-22(23)24;8-7(9)6-4-2-1-3-5-6;1-2;/h5-9,14,19-20,22-24,26,31H,10-13,15-16H2,1-4H3;20-21H,2-19H2,1H3,(H,23,24);1-5H,(H2,8,9);1-2H3;/q-1;;;;/t19?,20?,22?,23-,24?,26?,29?;;;;/m0..../s1. The third-order valence-corrected chi connectivity index (χ3v) is 15.9. The zero-order valence-electron chi connectivity index (χ0n) is 45.7. The molecule has 407 valence electrons. The average Bonchev–Trinajstić information content (AvgIpc) is 3.83. The zero-order valence-corrected chi connectivity index (χ0v) is 50.4. The number of ether oxygens (including phenoxy) is 5. The zero-order chi connectivity index (χ0) is 52.5. The number of benzene rings is 2. The molecule has 73 heavy (non-hydrogen) atoms. The number of aliphatic hydroxyl groups is 1. The Balaban J connectivity index is 0.000000322. The summed E-state index contributed by atoms with van der Waals surface area (Å²) >= 11 is 0. The fraction of sp³-hybridized carbons (Fsp3) is 0.683. The van der Waals surface area contributed by atoms with E-state index in [0.717, 1.165) is 42.4 Å². The first-order chi connectivity index (χ1) is 34.6. The second kappa shape index (κ2) is 34.1. The van der Waals surface area contributed by atoms with Crippen LogP contribution in [0, 0.1) is 79.1 Å². The Kier molecular flexibility index (Phi) is 30.1. The number of Topliss-reactive ketones (excluding diaryl/α,β-unsaturated/α-hetero) is 1. The molecule has 5 aliphatic rings. The van der Waals surface area contributed by atoms with Gasteiger partial charge < -0.3 is 44.4 Å². The maximum absolute atomic E-state index is 13.7. The molecule has 13 heteroatoms. The summed E-state index contributed by atoms with van der Waals surface area (Å²) in [5.41, 5.74) is 7.62. The molecule has 1 radical (unpaired) electrons. The van der Waals surface area contributed by atoms with Gasteiger partial charge in [-0.3, -0.25) is 9.59 Å². The van der Waals surface area contributed by atoms with Crippen LogP contribution in [0.1, 0.15) is 193 Å². The Morgan fingerprint density at radius 3 is 1.86 bits per heavy atom. The van der Waals surface area contributed by atoms with E-state index < -0.39 is 17.7 Å². The molecular formula is C60H92AcNO11-. The Bertz CT molecular complexity index is 1940. The van der Waals surface area contributed by atoms with Crippen LogP contribution < -0.4 is 5.73 Å².